The molecule has 5 nitrogen and oxygen atoms in total. The first-order chi connectivity index (χ1) is 13.1. The molecular weight excluding hydrogens is 358 g/mol. The lowest BCUT2D eigenvalue weighted by molar-refractivity contribution is 0.0842. The summed E-state index contributed by atoms with van der Waals surface area (Å²) in [6.07, 6.45) is 0. The van der Waals surface area contributed by atoms with Crippen LogP contribution >= 0.6 is 11.8 Å². The molecule has 0 aliphatic carbocycles. The van der Waals surface area contributed by atoms with Gasteiger partial charge in [0.15, 0.2) is 11.7 Å². The summed E-state index contributed by atoms with van der Waals surface area (Å²) in [5.74, 6) is -2.43. The number of fused-ring (bicyclic) bond motifs is 3. The fraction of sp³-hybridized carbons (Fsp3) is 0.143. The minimum absolute atomic E-state index is 0.0150. The minimum Gasteiger partial charge on any atom is -0.292 e. The van der Waals surface area contributed by atoms with Gasteiger partial charge in [-0.05, 0) is 13.0 Å². The Bertz CT molecular complexity index is 1080. The molecule has 132 valence electrons. The number of hydrogen-bond donors (Lipinski definition) is 1. The van der Waals surface area contributed by atoms with Gasteiger partial charge in [0.05, 0.1) is 11.8 Å². The number of benzene rings is 2. The van der Waals surface area contributed by atoms with Gasteiger partial charge in [-0.25, -0.2) is 0 Å². The van der Waals surface area contributed by atoms with E-state index in [2.05, 4.69) is 10.2 Å². The van der Waals surface area contributed by atoms with Crippen molar-refractivity contribution in [2.45, 2.75) is 17.1 Å². The maximum atomic E-state index is 13.1. The van der Waals surface area contributed by atoms with Gasteiger partial charge in [-0.1, -0.05) is 48.5 Å². The second-order valence-electron chi connectivity index (χ2n) is 6.27. The predicted molar refractivity (Wildman–Crippen MR) is 103 cm³/mol. The van der Waals surface area contributed by atoms with E-state index in [-0.39, 0.29) is 10.9 Å². The monoisotopic (exact) mass is 373 g/mol. The largest absolute Gasteiger partial charge is 0.292 e. The van der Waals surface area contributed by atoms with Gasteiger partial charge < -0.3 is 0 Å². The predicted octanol–water partition coefficient (Wildman–Crippen LogP) is 4.45. The second kappa shape index (κ2) is 6.86. The molecule has 3 aromatic rings. The molecular formula is C21H15N3O2S. The van der Waals surface area contributed by atoms with Crippen LogP contribution in [0, 0.1) is 17.2 Å². The number of H-pyrrole nitrogens is 1. The molecule has 4 rings (SSSR count). The molecule has 27 heavy (non-hydrogen) atoms. The lowest BCUT2D eigenvalue weighted by atomic mass is 9.90. The molecule has 2 aromatic carbocycles. The van der Waals surface area contributed by atoms with Gasteiger partial charge in [0, 0.05) is 26.8 Å². The maximum absolute atomic E-state index is 13.1. The molecule has 0 saturated carbocycles. The Kier molecular flexibility index (Phi) is 4.38. The normalized spacial score (nSPS) is 15.9. The summed E-state index contributed by atoms with van der Waals surface area (Å²) in [6.45, 7) is 1.99. The van der Waals surface area contributed by atoms with Crippen LogP contribution in [0.4, 0.5) is 0 Å². The van der Waals surface area contributed by atoms with Gasteiger partial charge in [-0.3, -0.25) is 14.7 Å². The fourth-order valence-corrected chi connectivity index (χ4v) is 4.48. The van der Waals surface area contributed by atoms with E-state index >= 15 is 0 Å². The summed E-state index contributed by atoms with van der Waals surface area (Å²) in [5, 5.41) is 16.6. The van der Waals surface area contributed by atoms with Crippen molar-refractivity contribution >= 4 is 23.3 Å². The van der Waals surface area contributed by atoms with Crippen molar-refractivity contribution < 1.29 is 9.59 Å². The van der Waals surface area contributed by atoms with Crippen molar-refractivity contribution in [1.29, 1.82) is 5.26 Å². The summed E-state index contributed by atoms with van der Waals surface area (Å²) in [4.78, 5) is 26.8. The standard InChI is InChI=1S/C21H15N3O2S/c1-12-17-18(14-9-5-6-10-16(14)27-12)23-24-19(17)21(26)15(11-22)20(25)13-7-3-2-4-8-13/h2-10,12,15H,1H3,(H,23,24). The Balaban J connectivity index is 1.75. The van der Waals surface area contributed by atoms with Crippen LogP contribution in [0.15, 0.2) is 59.5 Å². The maximum Gasteiger partial charge on any atom is 0.205 e. The minimum atomic E-state index is -1.40. The average Bonchev–Trinajstić information content (AvgIpc) is 3.15. The van der Waals surface area contributed by atoms with Gasteiger partial charge in [-0.2, -0.15) is 10.4 Å². The first kappa shape index (κ1) is 17.3. The van der Waals surface area contributed by atoms with Crippen LogP contribution in [0.3, 0.4) is 0 Å². The first-order valence-electron chi connectivity index (χ1n) is 8.49. The lowest BCUT2D eigenvalue weighted by Crippen LogP contribution is -2.24. The summed E-state index contributed by atoms with van der Waals surface area (Å²) in [5.41, 5.74) is 3.01. The highest BCUT2D eigenvalue weighted by Gasteiger charge is 2.36. The first-order valence-corrected chi connectivity index (χ1v) is 9.37. The topological polar surface area (TPSA) is 86.6 Å². The van der Waals surface area contributed by atoms with Crippen LogP contribution in [0.25, 0.3) is 11.3 Å². The van der Waals surface area contributed by atoms with E-state index in [4.69, 9.17) is 0 Å². The zero-order chi connectivity index (χ0) is 19.0. The van der Waals surface area contributed by atoms with E-state index in [1.807, 2.05) is 37.3 Å². The summed E-state index contributed by atoms with van der Waals surface area (Å²) in [7, 11) is 0. The van der Waals surface area contributed by atoms with E-state index in [0.29, 0.717) is 11.3 Å². The number of aromatic amines is 1. The van der Waals surface area contributed by atoms with Crippen molar-refractivity contribution in [3.63, 3.8) is 0 Å². The molecule has 0 radical (unpaired) electrons. The quantitative estimate of drug-likeness (QED) is 0.539. The Morgan fingerprint density at radius 2 is 1.81 bits per heavy atom. The molecule has 6 heteroatoms. The van der Waals surface area contributed by atoms with E-state index in [1.54, 1.807) is 42.1 Å². The molecule has 1 aliphatic heterocycles. The third-order valence-corrected chi connectivity index (χ3v) is 5.81. The number of thioether (sulfide) groups is 1. The number of nitrogens with zero attached hydrogens (tertiary/aromatic N) is 2. The van der Waals surface area contributed by atoms with E-state index in [9.17, 15) is 14.9 Å². The molecule has 0 bridgehead atoms. The van der Waals surface area contributed by atoms with Gasteiger partial charge in [0.2, 0.25) is 5.78 Å². The van der Waals surface area contributed by atoms with Gasteiger partial charge in [-0.15, -0.1) is 11.8 Å². The van der Waals surface area contributed by atoms with Crippen LogP contribution in [-0.2, 0) is 0 Å². The molecule has 2 atom stereocenters. The molecule has 1 N–H and O–H groups in total. The Labute approximate surface area is 160 Å². The Hall–Kier alpha value is -3.17. The van der Waals surface area contributed by atoms with Crippen LogP contribution < -0.4 is 0 Å². The Morgan fingerprint density at radius 1 is 1.11 bits per heavy atom. The van der Waals surface area contributed by atoms with Crippen molar-refractivity contribution in [3.05, 3.63) is 71.4 Å². The number of Topliss-reactive ketones (excluding diaryl/α,β-unsaturated/α-hetero) is 2. The summed E-state index contributed by atoms with van der Waals surface area (Å²) >= 11 is 1.63. The van der Waals surface area contributed by atoms with Crippen molar-refractivity contribution in [2.75, 3.05) is 0 Å². The van der Waals surface area contributed by atoms with Crippen LogP contribution in [0.2, 0.25) is 0 Å². The molecule has 1 aromatic heterocycles. The molecule has 2 heterocycles. The molecule has 0 saturated heterocycles. The fourth-order valence-electron chi connectivity index (χ4n) is 3.30. The number of nitrogens with one attached hydrogen (secondary N) is 1. The van der Waals surface area contributed by atoms with Crippen molar-refractivity contribution in [1.82, 2.24) is 10.2 Å². The van der Waals surface area contributed by atoms with Gasteiger partial charge >= 0.3 is 0 Å². The smallest absolute Gasteiger partial charge is 0.205 e. The van der Waals surface area contributed by atoms with Crippen molar-refractivity contribution in [3.8, 4) is 17.3 Å². The number of hydrogen-bond acceptors (Lipinski definition) is 5. The SMILES string of the molecule is CC1Sc2ccccc2-c2n[nH]c(C(=O)C(C#N)C(=O)c3ccccc3)c21. The lowest BCUT2D eigenvalue weighted by Gasteiger charge is -2.21. The van der Waals surface area contributed by atoms with Gasteiger partial charge in [0.1, 0.15) is 5.69 Å². The number of aromatic nitrogens is 2. The highest BCUT2D eigenvalue weighted by molar-refractivity contribution is 7.99. The molecule has 0 amide bonds. The molecule has 1 aliphatic rings. The van der Waals surface area contributed by atoms with Crippen LogP contribution in [-0.4, -0.2) is 21.8 Å². The van der Waals surface area contributed by atoms with Crippen LogP contribution in [0.1, 0.15) is 38.6 Å². The number of nitriles is 1. The highest BCUT2D eigenvalue weighted by atomic mass is 32.2. The summed E-state index contributed by atoms with van der Waals surface area (Å²) in [6, 6.07) is 18.2. The zero-order valence-corrected chi connectivity index (χ0v) is 15.3. The zero-order valence-electron chi connectivity index (χ0n) is 14.5. The number of carbonyl (C=O) groups is 2. The molecule has 2 unspecified atom stereocenters. The third-order valence-electron chi connectivity index (χ3n) is 4.61. The second-order valence-corrected chi connectivity index (χ2v) is 7.66. The number of carbonyl (C=O) groups excluding carboxylic acids is 2. The molecule has 0 fully saturated rings. The average molecular weight is 373 g/mol. The van der Waals surface area contributed by atoms with Gasteiger partial charge in [0.25, 0.3) is 0 Å². The number of ketones is 2. The number of rotatable bonds is 4. The highest BCUT2D eigenvalue weighted by Crippen LogP contribution is 2.49. The molecule has 0 spiro atoms. The van der Waals surface area contributed by atoms with E-state index in [1.165, 1.54) is 0 Å². The van der Waals surface area contributed by atoms with Crippen LogP contribution in [0.5, 0.6) is 0 Å². The van der Waals surface area contributed by atoms with E-state index in [0.717, 1.165) is 16.0 Å². The third kappa shape index (κ3) is 2.86. The summed E-state index contributed by atoms with van der Waals surface area (Å²) < 4.78 is 0. The van der Waals surface area contributed by atoms with Crippen molar-refractivity contribution in [2.24, 2.45) is 5.92 Å². The van der Waals surface area contributed by atoms with E-state index < -0.39 is 17.5 Å². The Morgan fingerprint density at radius 3 is 2.56 bits per heavy atom.